The first-order valence-corrected chi connectivity index (χ1v) is 8.54. The van der Waals surface area contributed by atoms with Crippen molar-refractivity contribution in [3.8, 4) is 5.75 Å². The number of aromatic nitrogens is 3. The average Bonchev–Trinajstić information content (AvgIpc) is 3.04. The van der Waals surface area contributed by atoms with Gasteiger partial charge >= 0.3 is 0 Å². The summed E-state index contributed by atoms with van der Waals surface area (Å²) < 4.78 is 6.20. The normalized spacial score (nSPS) is 11.0. The van der Waals surface area contributed by atoms with Gasteiger partial charge in [-0.15, -0.1) is 0 Å². The van der Waals surface area contributed by atoms with Crippen molar-refractivity contribution in [2.24, 2.45) is 0 Å². The van der Waals surface area contributed by atoms with Crippen LogP contribution in [0.25, 0.3) is 21.8 Å². The number of nitrogens with one attached hydrogen (secondary N) is 2. The van der Waals surface area contributed by atoms with Crippen molar-refractivity contribution in [2.75, 3.05) is 12.4 Å². The molecule has 0 aliphatic rings. The number of carbonyl (C=O) groups excluding carboxylic acids is 1. The summed E-state index contributed by atoms with van der Waals surface area (Å²) in [7, 11) is 1.51. The van der Waals surface area contributed by atoms with Gasteiger partial charge in [0, 0.05) is 22.0 Å². The van der Waals surface area contributed by atoms with Crippen molar-refractivity contribution in [3.05, 3.63) is 64.0 Å². The Hall–Kier alpha value is -3.32. The van der Waals surface area contributed by atoms with E-state index < -0.39 is 0 Å². The molecule has 0 aliphatic heterocycles. The molecule has 7 nitrogen and oxygen atoms in total. The maximum absolute atomic E-state index is 12.7. The number of rotatable bonds is 4. The fraction of sp³-hybridized carbons (Fsp3) is 0.105. The Bertz CT molecular complexity index is 1230. The van der Waals surface area contributed by atoms with Crippen molar-refractivity contribution >= 4 is 45.0 Å². The Morgan fingerprint density at radius 2 is 2.07 bits per heavy atom. The van der Waals surface area contributed by atoms with Gasteiger partial charge in [-0.2, -0.15) is 5.10 Å². The summed E-state index contributed by atoms with van der Waals surface area (Å²) in [5.41, 5.74) is 1.42. The molecule has 1 amide bonds. The number of methoxy groups -OCH3 is 1. The zero-order valence-electron chi connectivity index (χ0n) is 14.3. The number of amides is 1. The fourth-order valence-corrected chi connectivity index (χ4v) is 3.23. The number of carbonyl (C=O) groups is 1. The van der Waals surface area contributed by atoms with Crippen LogP contribution in [0, 0.1) is 0 Å². The molecule has 0 fully saturated rings. The average molecular weight is 383 g/mol. The summed E-state index contributed by atoms with van der Waals surface area (Å²) in [4.78, 5) is 28.1. The molecule has 0 saturated carbocycles. The number of anilines is 1. The highest BCUT2D eigenvalue weighted by Crippen LogP contribution is 2.27. The summed E-state index contributed by atoms with van der Waals surface area (Å²) in [6.07, 6.45) is 1.59. The van der Waals surface area contributed by atoms with Crippen LogP contribution in [0.5, 0.6) is 5.75 Å². The number of fused-ring (bicyclic) bond motifs is 3. The van der Waals surface area contributed by atoms with Crippen LogP contribution in [0.2, 0.25) is 5.02 Å². The van der Waals surface area contributed by atoms with Gasteiger partial charge in [-0.05, 0) is 24.3 Å². The summed E-state index contributed by atoms with van der Waals surface area (Å²) in [6, 6.07) is 12.5. The van der Waals surface area contributed by atoms with Gasteiger partial charge in [-0.25, -0.2) is 4.68 Å². The van der Waals surface area contributed by atoms with Crippen LogP contribution in [-0.4, -0.2) is 27.8 Å². The summed E-state index contributed by atoms with van der Waals surface area (Å²) in [5, 5.41) is 8.86. The van der Waals surface area contributed by atoms with E-state index in [0.717, 1.165) is 21.0 Å². The van der Waals surface area contributed by atoms with Gasteiger partial charge in [0.25, 0.3) is 5.56 Å². The lowest BCUT2D eigenvalue weighted by Crippen LogP contribution is -2.29. The van der Waals surface area contributed by atoms with Gasteiger partial charge in [-0.1, -0.05) is 29.8 Å². The molecular formula is C19H15ClN4O3. The van der Waals surface area contributed by atoms with Gasteiger partial charge in [-0.3, -0.25) is 9.59 Å². The number of para-hydroxylation sites is 1. The highest BCUT2D eigenvalue weighted by Gasteiger charge is 2.13. The number of aromatic amines is 1. The number of hydrogen-bond donors (Lipinski definition) is 2. The number of H-pyrrole nitrogens is 1. The third kappa shape index (κ3) is 3.13. The van der Waals surface area contributed by atoms with E-state index >= 15 is 0 Å². The number of ether oxygens (including phenoxy) is 1. The number of benzene rings is 2. The van der Waals surface area contributed by atoms with Crippen molar-refractivity contribution in [3.63, 3.8) is 0 Å². The molecule has 27 heavy (non-hydrogen) atoms. The highest BCUT2D eigenvalue weighted by molar-refractivity contribution is 6.32. The topological polar surface area (TPSA) is 89.0 Å². The summed E-state index contributed by atoms with van der Waals surface area (Å²) in [6.45, 7) is -0.214. The lowest BCUT2D eigenvalue weighted by atomic mass is 10.2. The third-order valence-corrected chi connectivity index (χ3v) is 4.55. The molecule has 2 heterocycles. The van der Waals surface area contributed by atoms with E-state index in [1.54, 1.807) is 24.4 Å². The second-order valence-corrected chi connectivity index (χ2v) is 6.37. The molecule has 0 spiro atoms. The smallest absolute Gasteiger partial charge is 0.291 e. The molecule has 2 aromatic carbocycles. The van der Waals surface area contributed by atoms with Crippen LogP contribution in [0.3, 0.4) is 0 Å². The molecule has 0 bridgehead atoms. The van der Waals surface area contributed by atoms with Crippen LogP contribution in [-0.2, 0) is 11.3 Å². The van der Waals surface area contributed by atoms with Crippen LogP contribution >= 0.6 is 11.6 Å². The predicted octanol–water partition coefficient (Wildman–Crippen LogP) is 3.18. The Labute approximate surface area is 158 Å². The van der Waals surface area contributed by atoms with E-state index in [9.17, 15) is 9.59 Å². The number of halogens is 1. The molecule has 8 heteroatoms. The maximum Gasteiger partial charge on any atom is 0.291 e. The minimum absolute atomic E-state index is 0.214. The van der Waals surface area contributed by atoms with Gasteiger partial charge in [0.15, 0.2) is 0 Å². The third-order valence-electron chi connectivity index (χ3n) is 4.25. The highest BCUT2D eigenvalue weighted by atomic mass is 35.5. The molecule has 2 N–H and O–H groups in total. The van der Waals surface area contributed by atoms with Gasteiger partial charge in [0.1, 0.15) is 17.8 Å². The molecule has 4 aromatic rings. The van der Waals surface area contributed by atoms with Crippen LogP contribution < -0.4 is 15.6 Å². The van der Waals surface area contributed by atoms with Crippen LogP contribution in [0.15, 0.2) is 53.5 Å². The molecule has 4 rings (SSSR count). The van der Waals surface area contributed by atoms with Crippen molar-refractivity contribution < 1.29 is 9.53 Å². The quantitative estimate of drug-likeness (QED) is 0.567. The zero-order valence-corrected chi connectivity index (χ0v) is 15.1. The van der Waals surface area contributed by atoms with E-state index in [1.807, 2.05) is 24.3 Å². The van der Waals surface area contributed by atoms with Gasteiger partial charge < -0.3 is 15.0 Å². The van der Waals surface area contributed by atoms with Crippen LogP contribution in [0.4, 0.5) is 5.69 Å². The lowest BCUT2D eigenvalue weighted by Gasteiger charge is -2.09. The fourth-order valence-electron chi connectivity index (χ4n) is 2.97. The zero-order chi connectivity index (χ0) is 19.0. The minimum atomic E-state index is -0.388. The van der Waals surface area contributed by atoms with Gasteiger partial charge in [0.05, 0.1) is 18.3 Å². The SMILES string of the molecule is COc1ccc(NC(=O)Cn2ncc3c([nH]c4ccccc43)c2=O)cc1Cl. The van der Waals surface area contributed by atoms with E-state index in [4.69, 9.17) is 16.3 Å². The Balaban J connectivity index is 1.60. The molecule has 0 unspecified atom stereocenters. The standard InChI is InChI=1S/C19H15ClN4O3/c1-27-16-7-6-11(8-14(16)20)22-17(25)10-24-19(26)18-13(9-21-24)12-4-2-3-5-15(12)23-18/h2-9,23H,10H2,1H3,(H,22,25). The number of hydrogen-bond acceptors (Lipinski definition) is 4. The Morgan fingerprint density at radius 1 is 1.26 bits per heavy atom. The summed E-state index contributed by atoms with van der Waals surface area (Å²) in [5.74, 6) is 0.123. The number of nitrogens with zero attached hydrogens (tertiary/aromatic N) is 2. The van der Waals surface area contributed by atoms with E-state index in [1.165, 1.54) is 7.11 Å². The molecule has 0 aliphatic carbocycles. The van der Waals surface area contributed by atoms with E-state index in [0.29, 0.717) is 22.0 Å². The largest absolute Gasteiger partial charge is 0.495 e. The molecule has 0 atom stereocenters. The summed E-state index contributed by atoms with van der Waals surface area (Å²) >= 11 is 6.05. The first-order valence-electron chi connectivity index (χ1n) is 8.17. The maximum atomic E-state index is 12.7. The van der Waals surface area contributed by atoms with E-state index in [2.05, 4.69) is 15.4 Å². The van der Waals surface area contributed by atoms with Crippen molar-refractivity contribution in [2.45, 2.75) is 6.54 Å². The van der Waals surface area contributed by atoms with Gasteiger partial charge in [0.2, 0.25) is 5.91 Å². The Morgan fingerprint density at radius 3 is 2.85 bits per heavy atom. The molecule has 0 saturated heterocycles. The molecule has 2 aromatic heterocycles. The Kier molecular flexibility index (Phi) is 4.29. The monoisotopic (exact) mass is 382 g/mol. The second kappa shape index (κ2) is 6.77. The predicted molar refractivity (Wildman–Crippen MR) is 104 cm³/mol. The molecular weight excluding hydrogens is 368 g/mol. The van der Waals surface area contributed by atoms with Crippen LogP contribution in [0.1, 0.15) is 0 Å². The first-order chi connectivity index (χ1) is 13.1. The first kappa shape index (κ1) is 17.1. The second-order valence-electron chi connectivity index (χ2n) is 5.96. The minimum Gasteiger partial charge on any atom is -0.495 e. The van der Waals surface area contributed by atoms with E-state index in [-0.39, 0.29) is 18.0 Å². The van der Waals surface area contributed by atoms with Crippen molar-refractivity contribution in [1.29, 1.82) is 0 Å². The van der Waals surface area contributed by atoms with Crippen molar-refractivity contribution in [1.82, 2.24) is 14.8 Å². The molecule has 136 valence electrons. The lowest BCUT2D eigenvalue weighted by molar-refractivity contribution is -0.117. The molecule has 0 radical (unpaired) electrons.